The van der Waals surface area contributed by atoms with Gasteiger partial charge in [0.1, 0.15) is 0 Å². The molecule has 0 unspecified atom stereocenters. The van der Waals surface area contributed by atoms with Crippen LogP contribution in [0.4, 0.5) is 5.95 Å². The van der Waals surface area contributed by atoms with E-state index < -0.39 is 0 Å². The van der Waals surface area contributed by atoms with Gasteiger partial charge in [-0.1, -0.05) is 18.2 Å². The van der Waals surface area contributed by atoms with E-state index in [0.29, 0.717) is 0 Å². The van der Waals surface area contributed by atoms with E-state index in [0.717, 1.165) is 36.9 Å². The van der Waals surface area contributed by atoms with Gasteiger partial charge in [-0.05, 0) is 25.5 Å². The summed E-state index contributed by atoms with van der Waals surface area (Å²) in [4.78, 5) is 4.50. The van der Waals surface area contributed by atoms with Gasteiger partial charge in [0.25, 0.3) is 0 Å². The molecule has 0 bridgehead atoms. The Kier molecular flexibility index (Phi) is 4.36. The molecule has 18 heavy (non-hydrogen) atoms. The zero-order chi connectivity index (χ0) is 12.8. The summed E-state index contributed by atoms with van der Waals surface area (Å²) in [6, 6.07) is 10.2. The molecule has 0 fully saturated rings. The molecule has 0 spiro atoms. The number of ether oxygens (including phenoxy) is 1. The Morgan fingerprint density at radius 2 is 2.06 bits per heavy atom. The fourth-order valence-electron chi connectivity index (χ4n) is 1.82. The van der Waals surface area contributed by atoms with E-state index in [4.69, 9.17) is 4.74 Å². The number of para-hydroxylation sites is 1. The van der Waals surface area contributed by atoms with Crippen molar-refractivity contribution < 1.29 is 4.74 Å². The number of rotatable bonds is 6. The molecule has 1 aromatic heterocycles. The van der Waals surface area contributed by atoms with E-state index in [1.54, 1.807) is 7.11 Å². The molecular formula is C14H19N3O. The van der Waals surface area contributed by atoms with Crippen LogP contribution in [0.3, 0.4) is 0 Å². The number of hydrogen-bond acceptors (Lipinski definition) is 3. The molecule has 0 radical (unpaired) electrons. The summed E-state index contributed by atoms with van der Waals surface area (Å²) in [7, 11) is 1.72. The third-order valence-electron chi connectivity index (χ3n) is 2.67. The topological polar surface area (TPSA) is 39.1 Å². The average Bonchev–Trinajstić information content (AvgIpc) is 2.77. The first-order valence-electron chi connectivity index (χ1n) is 6.15. The summed E-state index contributed by atoms with van der Waals surface area (Å²) in [5.74, 6) is 0.884. The Bertz CT molecular complexity index is 479. The Hall–Kier alpha value is -1.81. The van der Waals surface area contributed by atoms with Gasteiger partial charge < -0.3 is 10.1 Å². The third kappa shape index (κ3) is 3.11. The first-order chi connectivity index (χ1) is 8.81. The number of nitrogens with zero attached hydrogens (tertiary/aromatic N) is 2. The predicted octanol–water partition coefficient (Wildman–Crippen LogP) is 2.63. The SMILES string of the molecule is COCCCNc1nc(C)cn1-c1ccccc1. The van der Waals surface area contributed by atoms with Gasteiger partial charge in [-0.15, -0.1) is 0 Å². The molecule has 4 heteroatoms. The van der Waals surface area contributed by atoms with Crippen LogP contribution in [0.5, 0.6) is 0 Å². The van der Waals surface area contributed by atoms with Crippen molar-refractivity contribution in [2.24, 2.45) is 0 Å². The molecule has 2 aromatic rings. The minimum atomic E-state index is 0.762. The first kappa shape index (κ1) is 12.6. The van der Waals surface area contributed by atoms with Crippen molar-refractivity contribution in [1.29, 1.82) is 0 Å². The second-order valence-corrected chi connectivity index (χ2v) is 4.18. The smallest absolute Gasteiger partial charge is 0.207 e. The third-order valence-corrected chi connectivity index (χ3v) is 2.67. The van der Waals surface area contributed by atoms with Gasteiger partial charge in [0, 0.05) is 32.1 Å². The summed E-state index contributed by atoms with van der Waals surface area (Å²) in [5, 5.41) is 3.34. The van der Waals surface area contributed by atoms with Crippen molar-refractivity contribution in [1.82, 2.24) is 9.55 Å². The largest absolute Gasteiger partial charge is 0.385 e. The highest BCUT2D eigenvalue weighted by atomic mass is 16.5. The van der Waals surface area contributed by atoms with E-state index in [9.17, 15) is 0 Å². The van der Waals surface area contributed by atoms with Crippen LogP contribution in [0.25, 0.3) is 5.69 Å². The van der Waals surface area contributed by atoms with E-state index in [1.807, 2.05) is 31.3 Å². The number of benzene rings is 1. The van der Waals surface area contributed by atoms with Crippen LogP contribution < -0.4 is 5.32 Å². The normalized spacial score (nSPS) is 10.6. The molecule has 0 amide bonds. The second-order valence-electron chi connectivity index (χ2n) is 4.18. The summed E-state index contributed by atoms with van der Waals surface area (Å²) in [6.07, 6.45) is 3.01. The molecule has 96 valence electrons. The fourth-order valence-corrected chi connectivity index (χ4v) is 1.82. The van der Waals surface area contributed by atoms with Gasteiger partial charge >= 0.3 is 0 Å². The van der Waals surface area contributed by atoms with Crippen LogP contribution in [0.15, 0.2) is 36.5 Å². The first-order valence-corrected chi connectivity index (χ1v) is 6.15. The highest BCUT2D eigenvalue weighted by Crippen LogP contribution is 2.16. The molecule has 0 saturated heterocycles. The standard InChI is InChI=1S/C14H19N3O/c1-12-11-17(13-7-4-3-5-8-13)14(16-12)15-9-6-10-18-2/h3-5,7-8,11H,6,9-10H2,1-2H3,(H,15,16). The van der Waals surface area contributed by atoms with Gasteiger partial charge in [-0.25, -0.2) is 4.98 Å². The lowest BCUT2D eigenvalue weighted by molar-refractivity contribution is 0.197. The summed E-state index contributed by atoms with van der Waals surface area (Å²) < 4.78 is 7.10. The maximum absolute atomic E-state index is 5.03. The van der Waals surface area contributed by atoms with E-state index in [-0.39, 0.29) is 0 Å². The molecular weight excluding hydrogens is 226 g/mol. The molecule has 0 atom stereocenters. The molecule has 1 aromatic carbocycles. The number of hydrogen-bond donors (Lipinski definition) is 1. The maximum Gasteiger partial charge on any atom is 0.207 e. The number of aryl methyl sites for hydroxylation is 1. The molecule has 1 heterocycles. The lowest BCUT2D eigenvalue weighted by Crippen LogP contribution is -2.09. The summed E-state index contributed by atoms with van der Waals surface area (Å²) in [5.41, 5.74) is 2.13. The van der Waals surface area contributed by atoms with Crippen LogP contribution in [0.2, 0.25) is 0 Å². The second kappa shape index (κ2) is 6.21. The van der Waals surface area contributed by atoms with Crippen molar-refractivity contribution in [3.05, 3.63) is 42.2 Å². The quantitative estimate of drug-likeness (QED) is 0.795. The van der Waals surface area contributed by atoms with E-state index in [1.165, 1.54) is 0 Å². The van der Waals surface area contributed by atoms with Crippen LogP contribution in [-0.4, -0.2) is 29.8 Å². The van der Waals surface area contributed by atoms with Crippen LogP contribution in [-0.2, 0) is 4.74 Å². The van der Waals surface area contributed by atoms with Gasteiger partial charge in [0.15, 0.2) is 0 Å². The van der Waals surface area contributed by atoms with Crippen molar-refractivity contribution in [2.45, 2.75) is 13.3 Å². The predicted molar refractivity (Wildman–Crippen MR) is 73.3 cm³/mol. The van der Waals surface area contributed by atoms with Gasteiger partial charge in [-0.2, -0.15) is 0 Å². The lowest BCUT2D eigenvalue weighted by atomic mass is 10.3. The van der Waals surface area contributed by atoms with Crippen molar-refractivity contribution in [3.8, 4) is 5.69 Å². The van der Waals surface area contributed by atoms with Crippen molar-refractivity contribution >= 4 is 5.95 Å². The number of aromatic nitrogens is 2. The molecule has 1 N–H and O–H groups in total. The van der Waals surface area contributed by atoms with Crippen LogP contribution in [0.1, 0.15) is 12.1 Å². The monoisotopic (exact) mass is 245 g/mol. The van der Waals surface area contributed by atoms with E-state index >= 15 is 0 Å². The zero-order valence-corrected chi connectivity index (χ0v) is 10.9. The highest BCUT2D eigenvalue weighted by molar-refractivity contribution is 5.42. The van der Waals surface area contributed by atoms with Gasteiger partial charge in [-0.3, -0.25) is 4.57 Å². The number of anilines is 1. The Morgan fingerprint density at radius 1 is 1.28 bits per heavy atom. The number of imidazole rings is 1. The molecule has 0 aliphatic rings. The maximum atomic E-state index is 5.03. The summed E-state index contributed by atoms with van der Waals surface area (Å²) in [6.45, 7) is 3.62. The highest BCUT2D eigenvalue weighted by Gasteiger charge is 2.06. The van der Waals surface area contributed by atoms with Gasteiger partial charge in [0.05, 0.1) is 5.69 Å². The molecule has 4 nitrogen and oxygen atoms in total. The minimum absolute atomic E-state index is 0.762. The Balaban J connectivity index is 2.11. The Labute approximate surface area is 108 Å². The molecule has 0 saturated carbocycles. The van der Waals surface area contributed by atoms with Crippen LogP contribution in [0, 0.1) is 6.92 Å². The fraction of sp³-hybridized carbons (Fsp3) is 0.357. The number of methoxy groups -OCH3 is 1. The van der Waals surface area contributed by atoms with E-state index in [2.05, 4.69) is 27.0 Å². The Morgan fingerprint density at radius 3 is 2.78 bits per heavy atom. The lowest BCUT2D eigenvalue weighted by Gasteiger charge is -2.09. The zero-order valence-electron chi connectivity index (χ0n) is 10.9. The summed E-state index contributed by atoms with van der Waals surface area (Å²) >= 11 is 0. The molecule has 0 aliphatic carbocycles. The minimum Gasteiger partial charge on any atom is -0.385 e. The van der Waals surface area contributed by atoms with Crippen LogP contribution >= 0.6 is 0 Å². The van der Waals surface area contributed by atoms with Gasteiger partial charge in [0.2, 0.25) is 5.95 Å². The molecule has 2 rings (SSSR count). The average molecular weight is 245 g/mol. The molecule has 0 aliphatic heterocycles. The van der Waals surface area contributed by atoms with Crippen molar-refractivity contribution in [3.63, 3.8) is 0 Å². The van der Waals surface area contributed by atoms with Crippen molar-refractivity contribution in [2.75, 3.05) is 25.6 Å². The number of nitrogens with one attached hydrogen (secondary N) is 1.